The van der Waals surface area contributed by atoms with Crippen LogP contribution < -0.4 is 10.1 Å². The number of benzene rings is 1. The molecular formula is C15H19FN2O2. The Bertz CT molecular complexity index is 521. The zero-order valence-corrected chi connectivity index (χ0v) is 11.6. The average molecular weight is 278 g/mol. The number of methoxy groups -OCH3 is 1. The summed E-state index contributed by atoms with van der Waals surface area (Å²) >= 11 is 0. The normalized spacial score (nSPS) is 25.4. The van der Waals surface area contributed by atoms with Crippen molar-refractivity contribution in [3.8, 4) is 5.75 Å². The van der Waals surface area contributed by atoms with Crippen LogP contribution in [0.5, 0.6) is 5.75 Å². The molecule has 20 heavy (non-hydrogen) atoms. The summed E-state index contributed by atoms with van der Waals surface area (Å²) in [4.78, 5) is 14.3. The first-order chi connectivity index (χ1) is 9.69. The number of hydrogen-bond donors (Lipinski definition) is 1. The van der Waals surface area contributed by atoms with E-state index in [0.29, 0.717) is 17.5 Å². The molecule has 2 aliphatic heterocycles. The van der Waals surface area contributed by atoms with E-state index in [1.807, 2.05) is 4.90 Å². The number of rotatable bonds is 2. The maximum Gasteiger partial charge on any atom is 0.253 e. The van der Waals surface area contributed by atoms with Gasteiger partial charge in [0.05, 0.1) is 7.11 Å². The SMILES string of the molecule is COc1ccc(C(=O)N2CCC3NCCC3C2)cc1F. The van der Waals surface area contributed by atoms with E-state index < -0.39 is 5.82 Å². The van der Waals surface area contributed by atoms with Gasteiger partial charge in [-0.3, -0.25) is 4.79 Å². The first-order valence-electron chi connectivity index (χ1n) is 7.05. The highest BCUT2D eigenvalue weighted by atomic mass is 19.1. The topological polar surface area (TPSA) is 41.6 Å². The first kappa shape index (κ1) is 13.4. The van der Waals surface area contributed by atoms with Gasteiger partial charge >= 0.3 is 0 Å². The summed E-state index contributed by atoms with van der Waals surface area (Å²) in [6.07, 6.45) is 2.10. The van der Waals surface area contributed by atoms with Crippen molar-refractivity contribution in [2.75, 3.05) is 26.7 Å². The minimum absolute atomic E-state index is 0.0862. The maximum absolute atomic E-state index is 13.7. The number of amides is 1. The number of halogens is 1. The molecule has 3 rings (SSSR count). The first-order valence-corrected chi connectivity index (χ1v) is 7.05. The number of nitrogens with zero attached hydrogens (tertiary/aromatic N) is 1. The lowest BCUT2D eigenvalue weighted by molar-refractivity contribution is 0.0661. The number of nitrogens with one attached hydrogen (secondary N) is 1. The highest BCUT2D eigenvalue weighted by Gasteiger charge is 2.34. The number of hydrogen-bond acceptors (Lipinski definition) is 3. The lowest BCUT2D eigenvalue weighted by Gasteiger charge is -2.35. The summed E-state index contributed by atoms with van der Waals surface area (Å²) in [5, 5.41) is 3.47. The molecule has 0 spiro atoms. The lowest BCUT2D eigenvalue weighted by Crippen LogP contribution is -2.46. The Labute approximate surface area is 117 Å². The van der Waals surface area contributed by atoms with Crippen LogP contribution in [0.3, 0.4) is 0 Å². The van der Waals surface area contributed by atoms with Crippen LogP contribution in [0.15, 0.2) is 18.2 Å². The summed E-state index contributed by atoms with van der Waals surface area (Å²) in [5.41, 5.74) is 0.396. The largest absolute Gasteiger partial charge is 0.494 e. The molecule has 1 amide bonds. The van der Waals surface area contributed by atoms with E-state index in [2.05, 4.69) is 5.32 Å². The van der Waals surface area contributed by atoms with Crippen molar-refractivity contribution in [1.82, 2.24) is 10.2 Å². The van der Waals surface area contributed by atoms with Gasteiger partial charge in [0.1, 0.15) is 0 Å². The predicted octanol–water partition coefficient (Wildman–Crippen LogP) is 1.66. The van der Waals surface area contributed by atoms with E-state index >= 15 is 0 Å². The molecule has 4 nitrogen and oxygen atoms in total. The molecule has 2 saturated heterocycles. The predicted molar refractivity (Wildman–Crippen MR) is 73.4 cm³/mol. The Morgan fingerprint density at radius 1 is 1.45 bits per heavy atom. The molecule has 0 aromatic heterocycles. The minimum atomic E-state index is -0.490. The van der Waals surface area contributed by atoms with Gasteiger partial charge in [0.25, 0.3) is 5.91 Å². The molecular weight excluding hydrogens is 259 g/mol. The monoisotopic (exact) mass is 278 g/mol. The molecule has 2 fully saturated rings. The second kappa shape index (κ2) is 5.40. The van der Waals surface area contributed by atoms with E-state index in [1.54, 1.807) is 6.07 Å². The molecule has 108 valence electrons. The van der Waals surface area contributed by atoms with E-state index in [-0.39, 0.29) is 11.7 Å². The number of fused-ring (bicyclic) bond motifs is 1. The van der Waals surface area contributed by atoms with Gasteiger partial charge in [-0.15, -0.1) is 0 Å². The van der Waals surface area contributed by atoms with Crippen LogP contribution in [0.2, 0.25) is 0 Å². The van der Waals surface area contributed by atoms with Crippen molar-refractivity contribution < 1.29 is 13.9 Å². The van der Waals surface area contributed by atoms with Crippen molar-refractivity contribution in [3.05, 3.63) is 29.6 Å². The molecule has 1 aromatic rings. The second-order valence-corrected chi connectivity index (χ2v) is 5.50. The summed E-state index contributed by atoms with van der Waals surface area (Å²) in [6, 6.07) is 4.95. The van der Waals surface area contributed by atoms with Gasteiger partial charge < -0.3 is 15.0 Å². The van der Waals surface area contributed by atoms with Gasteiger partial charge in [0.2, 0.25) is 0 Å². The molecule has 2 aliphatic rings. The van der Waals surface area contributed by atoms with Crippen molar-refractivity contribution in [2.45, 2.75) is 18.9 Å². The van der Waals surface area contributed by atoms with E-state index in [1.165, 1.54) is 19.2 Å². The molecule has 2 heterocycles. The quantitative estimate of drug-likeness (QED) is 0.894. The molecule has 0 radical (unpaired) electrons. The van der Waals surface area contributed by atoms with Gasteiger partial charge in [-0.05, 0) is 43.5 Å². The van der Waals surface area contributed by atoms with Crippen molar-refractivity contribution in [2.24, 2.45) is 5.92 Å². The number of piperidine rings is 1. The fraction of sp³-hybridized carbons (Fsp3) is 0.533. The minimum Gasteiger partial charge on any atom is -0.494 e. The van der Waals surface area contributed by atoms with Crippen LogP contribution in [0.4, 0.5) is 4.39 Å². The lowest BCUT2D eigenvalue weighted by atomic mass is 9.93. The number of ether oxygens (including phenoxy) is 1. The highest BCUT2D eigenvalue weighted by molar-refractivity contribution is 5.94. The third kappa shape index (κ3) is 2.38. The molecule has 5 heteroatoms. The van der Waals surface area contributed by atoms with Gasteiger partial charge in [-0.25, -0.2) is 4.39 Å². The van der Waals surface area contributed by atoms with E-state index in [0.717, 1.165) is 32.5 Å². The molecule has 0 saturated carbocycles. The van der Waals surface area contributed by atoms with Gasteiger partial charge in [0.15, 0.2) is 11.6 Å². The van der Waals surface area contributed by atoms with Crippen molar-refractivity contribution in [3.63, 3.8) is 0 Å². The fourth-order valence-electron chi connectivity index (χ4n) is 3.21. The Balaban J connectivity index is 1.74. The van der Waals surface area contributed by atoms with E-state index in [9.17, 15) is 9.18 Å². The number of carbonyl (C=O) groups excluding carboxylic acids is 1. The van der Waals surface area contributed by atoms with Gasteiger partial charge in [-0.2, -0.15) is 0 Å². The van der Waals surface area contributed by atoms with Crippen LogP contribution in [-0.2, 0) is 0 Å². The summed E-state index contributed by atoms with van der Waals surface area (Å²) in [5.74, 6) is 0.128. The third-order valence-electron chi connectivity index (χ3n) is 4.34. The Morgan fingerprint density at radius 3 is 3.05 bits per heavy atom. The second-order valence-electron chi connectivity index (χ2n) is 5.50. The maximum atomic E-state index is 13.7. The molecule has 2 unspecified atom stereocenters. The molecule has 1 N–H and O–H groups in total. The standard InChI is InChI=1S/C15H19FN2O2/c1-20-14-3-2-10(8-12(14)16)15(19)18-7-5-13-11(9-18)4-6-17-13/h2-3,8,11,13,17H,4-7,9H2,1H3. The number of likely N-dealkylation sites (tertiary alicyclic amines) is 1. The van der Waals surface area contributed by atoms with Crippen LogP contribution in [0.25, 0.3) is 0 Å². The van der Waals surface area contributed by atoms with Gasteiger partial charge in [-0.1, -0.05) is 0 Å². The average Bonchev–Trinajstić information content (AvgIpc) is 2.93. The highest BCUT2D eigenvalue weighted by Crippen LogP contribution is 2.26. The summed E-state index contributed by atoms with van der Waals surface area (Å²) < 4.78 is 18.6. The van der Waals surface area contributed by atoms with Gasteiger partial charge in [0, 0.05) is 24.7 Å². The van der Waals surface area contributed by atoms with E-state index in [4.69, 9.17) is 4.74 Å². The molecule has 0 aliphatic carbocycles. The van der Waals surface area contributed by atoms with Crippen LogP contribution in [0.1, 0.15) is 23.2 Å². The Kier molecular flexibility index (Phi) is 3.61. The van der Waals surface area contributed by atoms with Crippen LogP contribution in [0, 0.1) is 11.7 Å². The Morgan fingerprint density at radius 2 is 2.30 bits per heavy atom. The zero-order valence-electron chi connectivity index (χ0n) is 11.6. The van der Waals surface area contributed by atoms with Crippen molar-refractivity contribution in [1.29, 1.82) is 0 Å². The summed E-state index contributed by atoms with van der Waals surface area (Å²) in [7, 11) is 1.41. The molecule has 1 aromatic carbocycles. The summed E-state index contributed by atoms with van der Waals surface area (Å²) in [6.45, 7) is 2.54. The Hall–Kier alpha value is -1.62. The number of carbonyl (C=O) groups is 1. The van der Waals surface area contributed by atoms with Crippen LogP contribution in [-0.4, -0.2) is 43.6 Å². The van der Waals surface area contributed by atoms with Crippen molar-refractivity contribution >= 4 is 5.91 Å². The smallest absolute Gasteiger partial charge is 0.253 e. The molecule has 0 bridgehead atoms. The zero-order chi connectivity index (χ0) is 14.1. The fourth-order valence-corrected chi connectivity index (χ4v) is 3.21. The van der Waals surface area contributed by atoms with Crippen LogP contribution >= 0.6 is 0 Å². The molecule has 2 atom stereocenters. The third-order valence-corrected chi connectivity index (χ3v) is 4.34.